The number of hydrogen-bond acceptors (Lipinski definition) is 6. The fraction of sp³-hybridized carbons (Fsp3) is 0.469. The van der Waals surface area contributed by atoms with E-state index in [4.69, 9.17) is 21.1 Å². The van der Waals surface area contributed by atoms with E-state index in [-0.39, 0.29) is 37.5 Å². The highest BCUT2D eigenvalue weighted by molar-refractivity contribution is 6.30. The fourth-order valence-corrected chi connectivity index (χ4v) is 7.42. The van der Waals surface area contributed by atoms with Gasteiger partial charge in [-0.2, -0.15) is 0 Å². The smallest absolute Gasteiger partial charge is 0.312 e. The molecule has 3 unspecified atom stereocenters. The Morgan fingerprint density at radius 2 is 1.93 bits per heavy atom. The topological polar surface area (TPSA) is 96.4 Å². The lowest BCUT2D eigenvalue weighted by Gasteiger charge is -2.39. The number of aliphatic hydroxyl groups is 1. The summed E-state index contributed by atoms with van der Waals surface area (Å²) in [6, 6.07) is 14.6. The molecule has 2 bridgehead atoms. The van der Waals surface area contributed by atoms with Crippen molar-refractivity contribution in [3.05, 3.63) is 77.8 Å². The third-order valence-electron chi connectivity index (χ3n) is 9.16. The van der Waals surface area contributed by atoms with Gasteiger partial charge in [-0.25, -0.2) is 0 Å². The van der Waals surface area contributed by atoms with Crippen molar-refractivity contribution in [1.82, 2.24) is 4.90 Å². The molecule has 8 nitrogen and oxygen atoms in total. The van der Waals surface area contributed by atoms with Gasteiger partial charge in [0.15, 0.2) is 0 Å². The fourth-order valence-electron chi connectivity index (χ4n) is 7.30. The van der Waals surface area contributed by atoms with Crippen LogP contribution in [0.2, 0.25) is 5.02 Å². The first-order valence-corrected chi connectivity index (χ1v) is 14.5. The van der Waals surface area contributed by atoms with Crippen LogP contribution in [0.25, 0.3) is 0 Å². The first-order chi connectivity index (χ1) is 19.6. The van der Waals surface area contributed by atoms with Crippen LogP contribution in [0.4, 0.5) is 5.69 Å². The molecule has 3 fully saturated rings. The lowest BCUT2D eigenvalue weighted by Crippen LogP contribution is -2.59. The van der Waals surface area contributed by atoms with E-state index in [1.807, 2.05) is 44.2 Å². The van der Waals surface area contributed by atoms with Gasteiger partial charge in [0, 0.05) is 17.3 Å². The monoisotopic (exact) mass is 580 g/mol. The molecule has 0 aromatic heterocycles. The van der Waals surface area contributed by atoms with Crippen molar-refractivity contribution in [3.8, 4) is 0 Å². The third-order valence-corrected chi connectivity index (χ3v) is 9.41. The number of anilines is 1. The summed E-state index contributed by atoms with van der Waals surface area (Å²) in [4.78, 5) is 45.8. The SMILES string of the molecule is C=CCN(C(=O)C1N([C@@H](CO)Cc2ccccc2)C(=O)[C@@H]2[C@@H](C(=O)OCC)[C@]3(C)OC12CC3C)c1ccc(Cl)cc1. The standard InChI is InChI=1S/C32H37ClN2O6/c1-5-16-34(23-14-12-22(33)13-15-23)29(38)27-32-18-20(3)31(4,41-32)26(30(39)40-6-2)25(32)28(37)35(27)24(19-36)17-21-10-8-7-9-11-21/h5,7-15,20,24-27,36H,1,6,16-19H2,2-4H3/t20?,24-,25+,26+,27?,31-,32?/m1/s1. The molecule has 2 aromatic carbocycles. The molecule has 7 atom stereocenters. The summed E-state index contributed by atoms with van der Waals surface area (Å²) < 4.78 is 12.3. The summed E-state index contributed by atoms with van der Waals surface area (Å²) >= 11 is 6.14. The Bertz CT molecular complexity index is 1320. The molecule has 1 spiro atoms. The van der Waals surface area contributed by atoms with E-state index in [0.29, 0.717) is 23.6 Å². The predicted molar refractivity (Wildman–Crippen MR) is 155 cm³/mol. The molecule has 3 saturated heterocycles. The van der Waals surface area contributed by atoms with Crippen LogP contribution >= 0.6 is 11.6 Å². The maximum Gasteiger partial charge on any atom is 0.312 e. The van der Waals surface area contributed by atoms with Crippen LogP contribution in [0.5, 0.6) is 0 Å². The second-order valence-electron chi connectivity index (χ2n) is 11.4. The molecule has 0 radical (unpaired) electrons. The molecule has 41 heavy (non-hydrogen) atoms. The summed E-state index contributed by atoms with van der Waals surface area (Å²) in [5.41, 5.74) is -0.748. The number of hydrogen-bond donors (Lipinski definition) is 1. The average Bonchev–Trinajstić information content (AvgIpc) is 3.48. The Hall–Kier alpha value is -3.20. The molecular formula is C32H37ClN2O6. The largest absolute Gasteiger partial charge is 0.466 e. The van der Waals surface area contributed by atoms with Crippen molar-refractivity contribution in [2.45, 2.75) is 56.9 Å². The second kappa shape index (κ2) is 11.2. The zero-order valence-electron chi connectivity index (χ0n) is 23.7. The number of nitrogens with zero attached hydrogens (tertiary/aromatic N) is 2. The normalized spacial score (nSPS) is 30.7. The van der Waals surface area contributed by atoms with Gasteiger partial charge in [0.2, 0.25) is 5.91 Å². The molecule has 0 saturated carbocycles. The summed E-state index contributed by atoms with van der Waals surface area (Å²) in [6.45, 7) is 9.38. The first-order valence-electron chi connectivity index (χ1n) is 14.1. The van der Waals surface area contributed by atoms with Crippen LogP contribution in [0, 0.1) is 17.8 Å². The molecule has 3 aliphatic heterocycles. The lowest BCUT2D eigenvalue weighted by atomic mass is 9.62. The summed E-state index contributed by atoms with van der Waals surface area (Å²) in [7, 11) is 0. The number of carbonyl (C=O) groups is 3. The maximum absolute atomic E-state index is 14.8. The number of fused-ring (bicyclic) bond motifs is 1. The van der Waals surface area contributed by atoms with Crippen LogP contribution in [0.15, 0.2) is 67.3 Å². The third kappa shape index (κ3) is 4.66. The van der Waals surface area contributed by atoms with Crippen molar-refractivity contribution in [2.24, 2.45) is 17.8 Å². The second-order valence-corrected chi connectivity index (χ2v) is 11.9. The van der Waals surface area contributed by atoms with Gasteiger partial charge in [-0.05, 0) is 62.4 Å². The number of amides is 2. The van der Waals surface area contributed by atoms with E-state index in [2.05, 4.69) is 6.58 Å². The van der Waals surface area contributed by atoms with E-state index in [9.17, 15) is 19.5 Å². The Labute approximate surface area is 245 Å². The number of rotatable bonds is 10. The van der Waals surface area contributed by atoms with Crippen LogP contribution in [0.1, 0.15) is 32.8 Å². The molecule has 0 aliphatic carbocycles. The van der Waals surface area contributed by atoms with Crippen molar-refractivity contribution < 1.29 is 29.0 Å². The van der Waals surface area contributed by atoms with Crippen molar-refractivity contribution >= 4 is 35.1 Å². The number of esters is 1. The van der Waals surface area contributed by atoms with E-state index in [1.54, 1.807) is 42.2 Å². The molecule has 3 heterocycles. The Morgan fingerprint density at radius 3 is 2.54 bits per heavy atom. The van der Waals surface area contributed by atoms with Crippen LogP contribution in [-0.4, -0.2) is 70.8 Å². The zero-order chi connectivity index (χ0) is 29.5. The minimum atomic E-state index is -1.27. The van der Waals surface area contributed by atoms with Crippen molar-refractivity contribution in [3.63, 3.8) is 0 Å². The molecule has 2 aromatic rings. The average molecular weight is 581 g/mol. The number of aliphatic hydroxyl groups excluding tert-OH is 1. The Kier molecular flexibility index (Phi) is 8.03. The molecule has 2 amide bonds. The van der Waals surface area contributed by atoms with Gasteiger partial charge in [-0.15, -0.1) is 6.58 Å². The first kappa shape index (κ1) is 29.3. The van der Waals surface area contributed by atoms with Crippen LogP contribution in [0.3, 0.4) is 0 Å². The highest BCUT2D eigenvalue weighted by atomic mass is 35.5. The number of likely N-dealkylation sites (tertiary alicyclic amines) is 1. The molecule has 3 aliphatic rings. The van der Waals surface area contributed by atoms with Gasteiger partial charge >= 0.3 is 5.97 Å². The minimum absolute atomic E-state index is 0.124. The van der Waals surface area contributed by atoms with E-state index >= 15 is 0 Å². The Balaban J connectivity index is 1.65. The zero-order valence-corrected chi connectivity index (χ0v) is 24.4. The maximum atomic E-state index is 14.8. The molecular weight excluding hydrogens is 544 g/mol. The number of ether oxygens (including phenoxy) is 2. The van der Waals surface area contributed by atoms with Gasteiger partial charge in [0.05, 0.1) is 30.8 Å². The van der Waals surface area contributed by atoms with Gasteiger partial charge in [0.25, 0.3) is 5.91 Å². The molecule has 218 valence electrons. The highest BCUT2D eigenvalue weighted by Gasteiger charge is 2.80. The van der Waals surface area contributed by atoms with Gasteiger partial charge < -0.3 is 24.4 Å². The van der Waals surface area contributed by atoms with E-state index < -0.39 is 41.1 Å². The quantitative estimate of drug-likeness (QED) is 0.337. The van der Waals surface area contributed by atoms with E-state index in [0.717, 1.165) is 5.56 Å². The molecule has 1 N–H and O–H groups in total. The molecule has 5 rings (SSSR count). The number of halogens is 1. The Morgan fingerprint density at radius 1 is 1.24 bits per heavy atom. The number of carbonyl (C=O) groups excluding carboxylic acids is 3. The van der Waals surface area contributed by atoms with Crippen molar-refractivity contribution in [2.75, 3.05) is 24.7 Å². The highest BCUT2D eigenvalue weighted by Crippen LogP contribution is 2.65. The van der Waals surface area contributed by atoms with E-state index in [1.165, 1.54) is 4.90 Å². The van der Waals surface area contributed by atoms with Gasteiger partial charge in [-0.1, -0.05) is 54.9 Å². The number of benzene rings is 2. The predicted octanol–water partition coefficient (Wildman–Crippen LogP) is 4.04. The van der Waals surface area contributed by atoms with Crippen LogP contribution < -0.4 is 4.90 Å². The summed E-state index contributed by atoms with van der Waals surface area (Å²) in [6.07, 6.45) is 2.36. The lowest BCUT2D eigenvalue weighted by molar-refractivity contribution is -0.162. The minimum Gasteiger partial charge on any atom is -0.466 e. The van der Waals surface area contributed by atoms with Crippen LogP contribution in [-0.2, 0) is 30.3 Å². The molecule has 9 heteroatoms. The van der Waals surface area contributed by atoms with Gasteiger partial charge in [0.1, 0.15) is 17.6 Å². The van der Waals surface area contributed by atoms with Gasteiger partial charge in [-0.3, -0.25) is 14.4 Å². The summed E-state index contributed by atoms with van der Waals surface area (Å²) in [5.74, 6) is -3.16. The van der Waals surface area contributed by atoms with Crippen molar-refractivity contribution in [1.29, 1.82) is 0 Å². The summed E-state index contributed by atoms with van der Waals surface area (Å²) in [5, 5.41) is 11.2.